The quantitative estimate of drug-likeness (QED) is 0.775. The summed E-state index contributed by atoms with van der Waals surface area (Å²) in [5, 5.41) is 3.42. The molecule has 3 heteroatoms. The van der Waals surface area contributed by atoms with Crippen molar-refractivity contribution in [2.75, 3.05) is 0 Å². The topological polar surface area (TPSA) is 55.1 Å². The van der Waals surface area contributed by atoms with Crippen molar-refractivity contribution in [3.8, 4) is 0 Å². The molecule has 1 aliphatic rings. The Kier molecular flexibility index (Phi) is 4.99. The molecule has 0 aromatic heterocycles. The molecule has 17 heavy (non-hydrogen) atoms. The largest absolute Gasteiger partial charge is 0.368 e. The van der Waals surface area contributed by atoms with E-state index in [1.165, 1.54) is 32.1 Å². The van der Waals surface area contributed by atoms with Crippen molar-refractivity contribution in [2.45, 2.75) is 71.4 Å². The van der Waals surface area contributed by atoms with Gasteiger partial charge in [-0.1, -0.05) is 26.7 Å². The number of carbonyl (C=O) groups is 1. The van der Waals surface area contributed by atoms with E-state index in [2.05, 4.69) is 19.2 Å². The molecular weight excluding hydrogens is 212 g/mol. The third-order valence-corrected chi connectivity index (χ3v) is 3.77. The van der Waals surface area contributed by atoms with E-state index in [1.807, 2.05) is 13.8 Å². The van der Waals surface area contributed by atoms with E-state index >= 15 is 0 Å². The molecule has 3 N–H and O–H groups in total. The summed E-state index contributed by atoms with van der Waals surface area (Å²) in [5.74, 6) is 1.32. The standard InChI is InChI=1S/C14H28N2O/c1-10(2)8-11-6-5-7-12(9-11)16-14(3,4)13(15)17/h10-12,16H,5-9H2,1-4H3,(H2,15,17). The van der Waals surface area contributed by atoms with Crippen molar-refractivity contribution < 1.29 is 4.79 Å². The lowest BCUT2D eigenvalue weighted by molar-refractivity contribution is -0.123. The number of nitrogens with two attached hydrogens (primary N) is 1. The Morgan fingerprint density at radius 3 is 2.59 bits per heavy atom. The zero-order valence-corrected chi connectivity index (χ0v) is 11.8. The van der Waals surface area contributed by atoms with Crippen molar-refractivity contribution in [1.29, 1.82) is 0 Å². The first kappa shape index (κ1) is 14.5. The first-order valence-corrected chi connectivity index (χ1v) is 6.89. The van der Waals surface area contributed by atoms with Gasteiger partial charge in [-0.05, 0) is 44.9 Å². The lowest BCUT2D eigenvalue weighted by Crippen LogP contribution is -2.55. The zero-order valence-electron chi connectivity index (χ0n) is 11.8. The number of carbonyl (C=O) groups excluding carboxylic acids is 1. The average Bonchev–Trinajstić information content (AvgIpc) is 2.15. The molecule has 0 aromatic carbocycles. The van der Waals surface area contributed by atoms with Gasteiger partial charge >= 0.3 is 0 Å². The summed E-state index contributed by atoms with van der Waals surface area (Å²) >= 11 is 0. The number of amides is 1. The fourth-order valence-corrected chi connectivity index (χ4v) is 2.88. The molecule has 2 unspecified atom stereocenters. The van der Waals surface area contributed by atoms with Crippen molar-refractivity contribution in [1.82, 2.24) is 5.32 Å². The molecule has 3 nitrogen and oxygen atoms in total. The molecule has 1 fully saturated rings. The minimum absolute atomic E-state index is 0.261. The van der Waals surface area contributed by atoms with Gasteiger partial charge in [0.2, 0.25) is 5.91 Å². The number of primary amides is 1. The number of hydrogen-bond acceptors (Lipinski definition) is 2. The number of nitrogens with one attached hydrogen (secondary N) is 1. The van der Waals surface area contributed by atoms with Crippen LogP contribution in [-0.4, -0.2) is 17.5 Å². The van der Waals surface area contributed by atoms with E-state index in [0.29, 0.717) is 6.04 Å². The van der Waals surface area contributed by atoms with Crippen LogP contribution in [0.4, 0.5) is 0 Å². The monoisotopic (exact) mass is 240 g/mol. The van der Waals surface area contributed by atoms with Crippen LogP contribution < -0.4 is 11.1 Å². The summed E-state index contributed by atoms with van der Waals surface area (Å²) < 4.78 is 0. The molecule has 0 heterocycles. The van der Waals surface area contributed by atoms with Crippen molar-refractivity contribution in [3.05, 3.63) is 0 Å². The van der Waals surface area contributed by atoms with Gasteiger partial charge in [-0.15, -0.1) is 0 Å². The van der Waals surface area contributed by atoms with Crippen molar-refractivity contribution in [2.24, 2.45) is 17.6 Å². The molecule has 0 saturated heterocycles. The normalized spacial score (nSPS) is 26.2. The minimum atomic E-state index is -0.579. The van der Waals surface area contributed by atoms with E-state index in [1.54, 1.807) is 0 Å². The molecule has 1 saturated carbocycles. The summed E-state index contributed by atoms with van der Waals surface area (Å²) in [4.78, 5) is 11.3. The Morgan fingerprint density at radius 1 is 1.41 bits per heavy atom. The van der Waals surface area contributed by atoms with Crippen LogP contribution in [0, 0.1) is 11.8 Å². The van der Waals surface area contributed by atoms with Crippen LogP contribution in [0.2, 0.25) is 0 Å². The van der Waals surface area contributed by atoms with Crippen molar-refractivity contribution in [3.63, 3.8) is 0 Å². The van der Waals surface area contributed by atoms with E-state index in [0.717, 1.165) is 11.8 Å². The molecule has 1 rings (SSSR count). The third-order valence-electron chi connectivity index (χ3n) is 3.77. The van der Waals surface area contributed by atoms with Crippen LogP contribution in [0.3, 0.4) is 0 Å². The first-order valence-electron chi connectivity index (χ1n) is 6.89. The van der Waals surface area contributed by atoms with Gasteiger partial charge in [0, 0.05) is 6.04 Å². The Bertz CT molecular complexity index is 261. The van der Waals surface area contributed by atoms with Gasteiger partial charge in [-0.2, -0.15) is 0 Å². The number of rotatable bonds is 5. The van der Waals surface area contributed by atoms with Gasteiger partial charge < -0.3 is 11.1 Å². The summed E-state index contributed by atoms with van der Waals surface area (Å²) in [6.07, 6.45) is 6.27. The predicted octanol–water partition coefficient (Wildman–Crippen LogP) is 2.44. The van der Waals surface area contributed by atoms with Gasteiger partial charge in [0.25, 0.3) is 0 Å². The molecule has 0 radical (unpaired) electrons. The maximum atomic E-state index is 11.3. The highest BCUT2D eigenvalue weighted by atomic mass is 16.1. The highest BCUT2D eigenvalue weighted by Crippen LogP contribution is 2.30. The summed E-state index contributed by atoms with van der Waals surface area (Å²) in [6.45, 7) is 8.32. The third kappa shape index (κ3) is 4.66. The maximum Gasteiger partial charge on any atom is 0.237 e. The van der Waals surface area contributed by atoms with E-state index in [4.69, 9.17) is 5.73 Å². The fraction of sp³-hybridized carbons (Fsp3) is 0.929. The fourth-order valence-electron chi connectivity index (χ4n) is 2.88. The summed E-state index contributed by atoms with van der Waals surface area (Å²) in [7, 11) is 0. The molecule has 0 aliphatic heterocycles. The van der Waals surface area contributed by atoms with E-state index < -0.39 is 5.54 Å². The SMILES string of the molecule is CC(C)CC1CCCC(NC(C)(C)C(N)=O)C1. The lowest BCUT2D eigenvalue weighted by atomic mass is 9.80. The molecule has 0 bridgehead atoms. The molecule has 0 spiro atoms. The van der Waals surface area contributed by atoms with Gasteiger partial charge in [-0.3, -0.25) is 4.79 Å². The molecule has 100 valence electrons. The highest BCUT2D eigenvalue weighted by molar-refractivity contribution is 5.83. The number of hydrogen-bond donors (Lipinski definition) is 2. The predicted molar refractivity (Wildman–Crippen MR) is 71.6 cm³/mol. The highest BCUT2D eigenvalue weighted by Gasteiger charge is 2.30. The Labute approximate surface area is 106 Å². The Balaban J connectivity index is 2.47. The van der Waals surface area contributed by atoms with Crippen LogP contribution in [0.5, 0.6) is 0 Å². The van der Waals surface area contributed by atoms with Crippen molar-refractivity contribution >= 4 is 5.91 Å². The average molecular weight is 240 g/mol. The van der Waals surface area contributed by atoms with Crippen LogP contribution in [0.15, 0.2) is 0 Å². The summed E-state index contributed by atoms with van der Waals surface area (Å²) in [6, 6.07) is 0.454. The second kappa shape index (κ2) is 5.85. The summed E-state index contributed by atoms with van der Waals surface area (Å²) in [5.41, 5.74) is 4.82. The van der Waals surface area contributed by atoms with Crippen LogP contribution in [0.1, 0.15) is 59.8 Å². The van der Waals surface area contributed by atoms with Crippen LogP contribution in [-0.2, 0) is 4.79 Å². The maximum absolute atomic E-state index is 11.3. The van der Waals surface area contributed by atoms with E-state index in [9.17, 15) is 4.79 Å². The van der Waals surface area contributed by atoms with Gasteiger partial charge in [0.1, 0.15) is 0 Å². The smallest absolute Gasteiger partial charge is 0.237 e. The van der Waals surface area contributed by atoms with Crippen LogP contribution >= 0.6 is 0 Å². The molecule has 1 amide bonds. The molecule has 1 aliphatic carbocycles. The Hall–Kier alpha value is -0.570. The van der Waals surface area contributed by atoms with E-state index in [-0.39, 0.29) is 5.91 Å². The second-order valence-electron chi connectivity index (χ2n) is 6.49. The molecule has 0 aromatic rings. The van der Waals surface area contributed by atoms with Gasteiger partial charge in [-0.25, -0.2) is 0 Å². The first-order chi connectivity index (χ1) is 7.81. The zero-order chi connectivity index (χ0) is 13.1. The van der Waals surface area contributed by atoms with Gasteiger partial charge in [0.15, 0.2) is 0 Å². The van der Waals surface area contributed by atoms with Gasteiger partial charge in [0.05, 0.1) is 5.54 Å². The Morgan fingerprint density at radius 2 is 2.06 bits per heavy atom. The molecule has 2 atom stereocenters. The minimum Gasteiger partial charge on any atom is -0.368 e. The second-order valence-corrected chi connectivity index (χ2v) is 6.49. The van der Waals surface area contributed by atoms with Crippen LogP contribution in [0.25, 0.3) is 0 Å². The molecular formula is C14H28N2O. The lowest BCUT2D eigenvalue weighted by Gasteiger charge is -2.35.